The Morgan fingerprint density at radius 2 is 1.93 bits per heavy atom. The molecule has 2 N–H and O–H groups in total. The first-order chi connectivity index (χ1) is 12.9. The van der Waals surface area contributed by atoms with E-state index in [9.17, 15) is 19.8 Å². The number of carbonyl (C=O) groups is 2. The summed E-state index contributed by atoms with van der Waals surface area (Å²) in [7, 11) is 2.86. The predicted molar refractivity (Wildman–Crippen MR) is 99.2 cm³/mol. The van der Waals surface area contributed by atoms with Crippen molar-refractivity contribution in [1.29, 1.82) is 0 Å². The number of Topliss-reactive ketones (excluding diaryl/α,β-unsaturated/α-hetero) is 1. The van der Waals surface area contributed by atoms with Gasteiger partial charge in [0.2, 0.25) is 0 Å². The van der Waals surface area contributed by atoms with Gasteiger partial charge in [-0.1, -0.05) is 12.2 Å². The third-order valence-corrected chi connectivity index (χ3v) is 4.50. The molecule has 0 aromatic heterocycles. The van der Waals surface area contributed by atoms with Gasteiger partial charge in [0, 0.05) is 18.1 Å². The minimum absolute atomic E-state index is 0.0147. The number of aliphatic hydroxyl groups excluding tert-OH is 1. The van der Waals surface area contributed by atoms with Gasteiger partial charge in [-0.25, -0.2) is 4.79 Å². The molecule has 27 heavy (non-hydrogen) atoms. The summed E-state index contributed by atoms with van der Waals surface area (Å²) >= 11 is 0. The zero-order valence-electron chi connectivity index (χ0n) is 15.9. The van der Waals surface area contributed by atoms with Crippen molar-refractivity contribution in [2.75, 3.05) is 14.2 Å². The molecule has 0 fully saturated rings. The number of aromatic hydroxyl groups is 1. The van der Waals surface area contributed by atoms with Gasteiger partial charge < -0.3 is 24.4 Å². The second kappa shape index (κ2) is 9.41. The number of cyclic esters (lactones) is 1. The first-order valence-electron chi connectivity index (χ1n) is 8.95. The maximum absolute atomic E-state index is 12.7. The summed E-state index contributed by atoms with van der Waals surface area (Å²) in [5.41, 5.74) is 0.302. The Hall–Kier alpha value is -2.54. The number of hydrogen-bond donors (Lipinski definition) is 2. The highest BCUT2D eigenvalue weighted by molar-refractivity contribution is 5.98. The van der Waals surface area contributed by atoms with Crippen molar-refractivity contribution in [1.82, 2.24) is 0 Å². The number of methoxy groups -OCH3 is 2. The summed E-state index contributed by atoms with van der Waals surface area (Å²) in [5.74, 6) is -0.615. The van der Waals surface area contributed by atoms with Crippen molar-refractivity contribution < 1.29 is 34.0 Å². The third-order valence-electron chi connectivity index (χ3n) is 4.50. The lowest BCUT2D eigenvalue weighted by Crippen LogP contribution is -2.21. The Kier molecular flexibility index (Phi) is 7.24. The maximum atomic E-state index is 12.7. The van der Waals surface area contributed by atoms with E-state index in [4.69, 9.17) is 14.2 Å². The molecule has 1 aliphatic rings. The Morgan fingerprint density at radius 1 is 1.19 bits per heavy atom. The van der Waals surface area contributed by atoms with E-state index in [0.717, 1.165) is 0 Å². The van der Waals surface area contributed by atoms with Crippen molar-refractivity contribution >= 4 is 17.8 Å². The largest absolute Gasteiger partial charge is 0.507 e. The van der Waals surface area contributed by atoms with Gasteiger partial charge in [-0.05, 0) is 32.6 Å². The van der Waals surface area contributed by atoms with Crippen molar-refractivity contribution in [3.05, 3.63) is 23.3 Å². The quantitative estimate of drug-likeness (QED) is 0.763. The van der Waals surface area contributed by atoms with Gasteiger partial charge >= 0.3 is 5.97 Å². The molecule has 7 nitrogen and oxygen atoms in total. The lowest BCUT2D eigenvalue weighted by Gasteiger charge is -2.19. The van der Waals surface area contributed by atoms with Crippen LogP contribution in [0.3, 0.4) is 0 Å². The van der Waals surface area contributed by atoms with Crippen LogP contribution < -0.4 is 9.47 Å². The number of benzene rings is 1. The molecule has 2 rings (SSSR count). The molecule has 0 saturated heterocycles. The van der Waals surface area contributed by atoms with Crippen molar-refractivity contribution in [2.24, 2.45) is 0 Å². The van der Waals surface area contributed by atoms with Crippen molar-refractivity contribution in [3.63, 3.8) is 0 Å². The van der Waals surface area contributed by atoms with Gasteiger partial charge in [0.1, 0.15) is 17.4 Å². The minimum atomic E-state index is -1.00. The molecule has 0 aliphatic carbocycles. The topological polar surface area (TPSA) is 102 Å². The van der Waals surface area contributed by atoms with Crippen molar-refractivity contribution in [2.45, 2.75) is 51.2 Å². The van der Waals surface area contributed by atoms with Gasteiger partial charge in [0.05, 0.1) is 20.3 Å². The molecule has 1 aliphatic heterocycles. The van der Waals surface area contributed by atoms with E-state index in [2.05, 4.69) is 0 Å². The fourth-order valence-electron chi connectivity index (χ4n) is 3.04. The molecule has 0 saturated carbocycles. The Bertz CT molecular complexity index is 724. The van der Waals surface area contributed by atoms with Crippen LogP contribution in [0, 0.1) is 0 Å². The van der Waals surface area contributed by atoms with Crippen LogP contribution in [-0.4, -0.2) is 48.4 Å². The first kappa shape index (κ1) is 20.8. The van der Waals surface area contributed by atoms with Crippen LogP contribution in [0.5, 0.6) is 17.2 Å². The van der Waals surface area contributed by atoms with Crippen LogP contribution in [0.4, 0.5) is 0 Å². The zero-order chi connectivity index (χ0) is 20.0. The number of allylic oxidation sites excluding steroid dienone is 1. The Labute approximate surface area is 158 Å². The lowest BCUT2D eigenvalue weighted by molar-refractivity contribution is -0.127. The SMILES string of the molecule is COc1cc(O)c2c(c1OC)C=CCCC(=O)C(O)CCCC(C)OC2=O. The van der Waals surface area contributed by atoms with Crippen LogP contribution >= 0.6 is 0 Å². The standard InChI is InChI=1S/C20H26O7/c1-12-7-6-10-15(22)14(21)9-5-4-8-13-18(20(24)27-12)16(23)11-17(25-2)19(13)26-3/h4,8,11-12,15,22-23H,5-7,9-10H2,1-3H3. The molecule has 0 amide bonds. The normalized spacial score (nSPS) is 21.8. The van der Waals surface area contributed by atoms with Crippen LogP contribution in [-0.2, 0) is 9.53 Å². The Balaban J connectivity index is 2.50. The lowest BCUT2D eigenvalue weighted by atomic mass is 10.0. The van der Waals surface area contributed by atoms with E-state index >= 15 is 0 Å². The second-order valence-corrected chi connectivity index (χ2v) is 6.49. The summed E-state index contributed by atoms with van der Waals surface area (Å²) in [6.45, 7) is 1.73. The van der Waals surface area contributed by atoms with Crippen LogP contribution in [0.1, 0.15) is 54.9 Å². The molecule has 7 heteroatoms. The smallest absolute Gasteiger partial charge is 0.342 e. The minimum Gasteiger partial charge on any atom is -0.507 e. The van der Waals surface area contributed by atoms with E-state index in [0.29, 0.717) is 31.2 Å². The average Bonchev–Trinajstić information content (AvgIpc) is 2.63. The zero-order valence-corrected chi connectivity index (χ0v) is 15.9. The summed E-state index contributed by atoms with van der Waals surface area (Å²) in [4.78, 5) is 24.7. The molecular weight excluding hydrogens is 352 g/mol. The number of esters is 1. The molecule has 2 atom stereocenters. The summed E-state index contributed by atoms with van der Waals surface area (Å²) in [6, 6.07) is 1.31. The molecule has 148 valence electrons. The van der Waals surface area contributed by atoms with Crippen LogP contribution in [0.25, 0.3) is 6.08 Å². The highest BCUT2D eigenvalue weighted by Gasteiger charge is 2.26. The average molecular weight is 378 g/mol. The fourth-order valence-corrected chi connectivity index (χ4v) is 3.04. The summed E-state index contributed by atoms with van der Waals surface area (Å²) < 4.78 is 16.0. The van der Waals surface area contributed by atoms with E-state index in [1.807, 2.05) is 0 Å². The van der Waals surface area contributed by atoms with Gasteiger partial charge in [-0.15, -0.1) is 0 Å². The molecular formula is C20H26O7. The molecule has 0 radical (unpaired) electrons. The number of aliphatic hydroxyl groups is 1. The predicted octanol–water partition coefficient (Wildman–Crippen LogP) is 2.86. The van der Waals surface area contributed by atoms with E-state index in [1.165, 1.54) is 20.3 Å². The summed E-state index contributed by atoms with van der Waals surface area (Å²) in [5, 5.41) is 20.3. The molecule has 1 aromatic rings. The van der Waals surface area contributed by atoms with E-state index in [-0.39, 0.29) is 35.0 Å². The Morgan fingerprint density at radius 3 is 2.59 bits per heavy atom. The maximum Gasteiger partial charge on any atom is 0.342 e. The molecule has 1 heterocycles. The van der Waals surface area contributed by atoms with Gasteiger partial charge in [0.15, 0.2) is 17.3 Å². The molecule has 2 unspecified atom stereocenters. The number of carbonyl (C=O) groups excluding carboxylic acids is 2. The van der Waals surface area contributed by atoms with Crippen LogP contribution in [0.2, 0.25) is 0 Å². The highest BCUT2D eigenvalue weighted by atomic mass is 16.5. The van der Waals surface area contributed by atoms with E-state index in [1.54, 1.807) is 19.1 Å². The second-order valence-electron chi connectivity index (χ2n) is 6.49. The number of hydrogen-bond acceptors (Lipinski definition) is 7. The first-order valence-corrected chi connectivity index (χ1v) is 8.95. The fraction of sp³-hybridized carbons (Fsp3) is 0.500. The molecule has 0 bridgehead atoms. The highest BCUT2D eigenvalue weighted by Crippen LogP contribution is 2.40. The molecule has 0 spiro atoms. The monoisotopic (exact) mass is 378 g/mol. The van der Waals surface area contributed by atoms with Gasteiger partial charge in [0.25, 0.3) is 0 Å². The number of rotatable bonds is 2. The van der Waals surface area contributed by atoms with Gasteiger partial charge in [-0.3, -0.25) is 4.79 Å². The van der Waals surface area contributed by atoms with E-state index < -0.39 is 18.2 Å². The molecule has 1 aromatic carbocycles. The third kappa shape index (κ3) is 5.01. The number of ketones is 1. The number of phenols is 1. The van der Waals surface area contributed by atoms with Crippen LogP contribution in [0.15, 0.2) is 12.1 Å². The summed E-state index contributed by atoms with van der Waals surface area (Å²) in [6.07, 6.45) is 3.77. The number of ether oxygens (including phenoxy) is 3. The number of fused-ring (bicyclic) bond motifs is 1. The van der Waals surface area contributed by atoms with Crippen molar-refractivity contribution in [3.8, 4) is 17.2 Å². The number of phenolic OH excluding ortho intramolecular Hbond substituents is 1. The van der Waals surface area contributed by atoms with Gasteiger partial charge in [-0.2, -0.15) is 0 Å².